The van der Waals surface area contributed by atoms with E-state index in [1.165, 1.54) is 12.0 Å². The number of nitrogens with zero attached hydrogens (tertiary/aromatic N) is 1. The van der Waals surface area contributed by atoms with Gasteiger partial charge in [-0.3, -0.25) is 0 Å². The minimum absolute atomic E-state index is 0.222. The van der Waals surface area contributed by atoms with Crippen molar-refractivity contribution in [2.45, 2.75) is 52.0 Å². The minimum Gasteiger partial charge on any atom is -0.360 e. The maximum absolute atomic E-state index is 5.46. The quantitative estimate of drug-likeness (QED) is 0.829. The molecule has 0 spiro atoms. The second kappa shape index (κ2) is 3.63. The van der Waals surface area contributed by atoms with Crippen molar-refractivity contribution in [3.05, 3.63) is 17.0 Å². The highest BCUT2D eigenvalue weighted by Gasteiger charge is 2.40. The SMILES string of the molecule is CCNCc1noc2c1C(C)(C)CC2C. The van der Waals surface area contributed by atoms with Crippen LogP contribution >= 0.6 is 0 Å². The summed E-state index contributed by atoms with van der Waals surface area (Å²) in [6.07, 6.45) is 1.17. The van der Waals surface area contributed by atoms with Crippen molar-refractivity contribution in [3.63, 3.8) is 0 Å². The van der Waals surface area contributed by atoms with Gasteiger partial charge < -0.3 is 9.84 Å². The smallest absolute Gasteiger partial charge is 0.143 e. The summed E-state index contributed by atoms with van der Waals surface area (Å²) in [6.45, 7) is 10.7. The Morgan fingerprint density at radius 2 is 2.27 bits per heavy atom. The first-order valence-electron chi connectivity index (χ1n) is 5.76. The zero-order valence-electron chi connectivity index (χ0n) is 10.1. The molecule has 15 heavy (non-hydrogen) atoms. The Morgan fingerprint density at radius 1 is 1.53 bits per heavy atom. The second-order valence-corrected chi connectivity index (χ2v) is 5.14. The van der Waals surface area contributed by atoms with Gasteiger partial charge in [-0.15, -0.1) is 0 Å². The van der Waals surface area contributed by atoms with Gasteiger partial charge in [0.1, 0.15) is 11.5 Å². The maximum Gasteiger partial charge on any atom is 0.143 e. The standard InChI is InChI=1S/C12H20N2O/c1-5-13-7-9-10-11(15-14-9)8(2)6-12(10,3)4/h8,13H,5-7H2,1-4H3. The zero-order chi connectivity index (χ0) is 11.1. The Labute approximate surface area is 91.2 Å². The van der Waals surface area contributed by atoms with Crippen LogP contribution in [0.25, 0.3) is 0 Å². The number of hydrogen-bond acceptors (Lipinski definition) is 3. The Bertz CT molecular complexity index is 355. The molecular formula is C12H20N2O. The largest absolute Gasteiger partial charge is 0.360 e. The lowest BCUT2D eigenvalue weighted by molar-refractivity contribution is 0.353. The van der Waals surface area contributed by atoms with E-state index in [9.17, 15) is 0 Å². The molecular weight excluding hydrogens is 188 g/mol. The highest BCUT2D eigenvalue weighted by Crippen LogP contribution is 2.47. The van der Waals surface area contributed by atoms with E-state index in [1.54, 1.807) is 0 Å². The summed E-state index contributed by atoms with van der Waals surface area (Å²) >= 11 is 0. The molecule has 3 heteroatoms. The lowest BCUT2D eigenvalue weighted by Gasteiger charge is -2.18. The molecule has 1 atom stereocenters. The molecule has 1 N–H and O–H groups in total. The Balaban J connectivity index is 2.33. The first-order valence-corrected chi connectivity index (χ1v) is 5.76. The molecule has 1 aromatic heterocycles. The molecule has 1 heterocycles. The molecule has 1 unspecified atom stereocenters. The molecule has 0 aromatic carbocycles. The highest BCUT2D eigenvalue weighted by atomic mass is 16.5. The van der Waals surface area contributed by atoms with Crippen LogP contribution in [0.1, 0.15) is 57.1 Å². The highest BCUT2D eigenvalue weighted by molar-refractivity contribution is 5.38. The summed E-state index contributed by atoms with van der Waals surface area (Å²) in [4.78, 5) is 0. The van der Waals surface area contributed by atoms with E-state index in [-0.39, 0.29) is 5.41 Å². The van der Waals surface area contributed by atoms with Gasteiger partial charge in [0, 0.05) is 18.0 Å². The van der Waals surface area contributed by atoms with Gasteiger partial charge in [-0.2, -0.15) is 0 Å². The van der Waals surface area contributed by atoms with Crippen LogP contribution in [0.3, 0.4) is 0 Å². The van der Waals surface area contributed by atoms with Crippen molar-refractivity contribution in [1.29, 1.82) is 0 Å². The van der Waals surface area contributed by atoms with Gasteiger partial charge in [0.2, 0.25) is 0 Å². The van der Waals surface area contributed by atoms with Crippen LogP contribution in [0.15, 0.2) is 4.52 Å². The fourth-order valence-electron chi connectivity index (χ4n) is 2.72. The van der Waals surface area contributed by atoms with E-state index in [0.29, 0.717) is 5.92 Å². The number of nitrogens with one attached hydrogen (secondary N) is 1. The Morgan fingerprint density at radius 3 is 2.93 bits per heavy atom. The monoisotopic (exact) mass is 208 g/mol. The van der Waals surface area contributed by atoms with Gasteiger partial charge in [0.25, 0.3) is 0 Å². The lowest BCUT2D eigenvalue weighted by atomic mass is 9.85. The Hall–Kier alpha value is -0.830. The van der Waals surface area contributed by atoms with Gasteiger partial charge in [-0.1, -0.05) is 32.9 Å². The second-order valence-electron chi connectivity index (χ2n) is 5.14. The molecule has 2 rings (SSSR count). The van der Waals surface area contributed by atoms with Crippen LogP contribution in [0.5, 0.6) is 0 Å². The van der Waals surface area contributed by atoms with E-state index >= 15 is 0 Å². The molecule has 0 aliphatic heterocycles. The topological polar surface area (TPSA) is 38.1 Å². The van der Waals surface area contributed by atoms with Gasteiger partial charge in [-0.25, -0.2) is 0 Å². The first-order chi connectivity index (χ1) is 7.06. The van der Waals surface area contributed by atoms with E-state index in [2.05, 4.69) is 38.2 Å². The average Bonchev–Trinajstić information content (AvgIpc) is 2.65. The van der Waals surface area contributed by atoms with Gasteiger partial charge in [-0.05, 0) is 18.4 Å². The van der Waals surface area contributed by atoms with Crippen LogP contribution in [0.2, 0.25) is 0 Å². The summed E-state index contributed by atoms with van der Waals surface area (Å²) in [6, 6.07) is 0. The van der Waals surface area contributed by atoms with Crippen LogP contribution in [-0.4, -0.2) is 11.7 Å². The lowest BCUT2D eigenvalue weighted by Crippen LogP contribution is -2.19. The van der Waals surface area contributed by atoms with Crippen LogP contribution in [-0.2, 0) is 12.0 Å². The fraction of sp³-hybridized carbons (Fsp3) is 0.750. The maximum atomic E-state index is 5.46. The number of rotatable bonds is 3. The first kappa shape index (κ1) is 10.7. The third-order valence-corrected chi connectivity index (χ3v) is 3.27. The molecule has 0 radical (unpaired) electrons. The van der Waals surface area contributed by atoms with E-state index < -0.39 is 0 Å². The van der Waals surface area contributed by atoms with Crippen molar-refractivity contribution >= 4 is 0 Å². The third kappa shape index (κ3) is 1.69. The molecule has 0 saturated heterocycles. The van der Waals surface area contributed by atoms with Crippen LogP contribution < -0.4 is 5.32 Å². The number of fused-ring (bicyclic) bond motifs is 1. The molecule has 0 fully saturated rings. The third-order valence-electron chi connectivity index (χ3n) is 3.27. The van der Waals surface area contributed by atoms with Crippen molar-refractivity contribution < 1.29 is 4.52 Å². The molecule has 0 bridgehead atoms. The molecule has 0 saturated carbocycles. The summed E-state index contributed by atoms with van der Waals surface area (Å²) in [5.74, 6) is 1.62. The van der Waals surface area contributed by atoms with Crippen LogP contribution in [0.4, 0.5) is 0 Å². The van der Waals surface area contributed by atoms with Crippen LogP contribution in [0, 0.1) is 0 Å². The summed E-state index contributed by atoms with van der Waals surface area (Å²) < 4.78 is 5.46. The molecule has 84 valence electrons. The average molecular weight is 208 g/mol. The summed E-state index contributed by atoms with van der Waals surface area (Å²) in [5.41, 5.74) is 2.66. The summed E-state index contributed by atoms with van der Waals surface area (Å²) in [5, 5.41) is 7.49. The fourth-order valence-corrected chi connectivity index (χ4v) is 2.72. The molecule has 3 nitrogen and oxygen atoms in total. The van der Waals surface area contributed by atoms with Crippen molar-refractivity contribution in [3.8, 4) is 0 Å². The molecule has 1 aromatic rings. The van der Waals surface area contributed by atoms with E-state index in [1.807, 2.05) is 0 Å². The van der Waals surface area contributed by atoms with Crippen molar-refractivity contribution in [2.75, 3.05) is 6.54 Å². The Kier molecular flexibility index (Phi) is 2.59. The van der Waals surface area contributed by atoms with Gasteiger partial charge in [0.15, 0.2) is 0 Å². The number of hydrogen-bond donors (Lipinski definition) is 1. The predicted molar refractivity (Wildman–Crippen MR) is 59.9 cm³/mol. The van der Waals surface area contributed by atoms with Gasteiger partial charge in [0.05, 0.1) is 0 Å². The minimum atomic E-state index is 0.222. The predicted octanol–water partition coefficient (Wildman–Crippen LogP) is 2.57. The van der Waals surface area contributed by atoms with E-state index in [0.717, 1.165) is 24.5 Å². The van der Waals surface area contributed by atoms with Crippen molar-refractivity contribution in [2.24, 2.45) is 0 Å². The normalized spacial score (nSPS) is 23.1. The number of aromatic nitrogens is 1. The molecule has 1 aliphatic carbocycles. The van der Waals surface area contributed by atoms with E-state index in [4.69, 9.17) is 4.52 Å². The van der Waals surface area contributed by atoms with Crippen molar-refractivity contribution in [1.82, 2.24) is 10.5 Å². The molecule has 1 aliphatic rings. The molecule has 0 amide bonds. The summed E-state index contributed by atoms with van der Waals surface area (Å²) in [7, 11) is 0. The zero-order valence-corrected chi connectivity index (χ0v) is 10.1. The van der Waals surface area contributed by atoms with Gasteiger partial charge >= 0.3 is 0 Å².